The number of anilines is 1. The van der Waals surface area contributed by atoms with Crippen molar-refractivity contribution in [3.63, 3.8) is 0 Å². The lowest BCUT2D eigenvalue weighted by molar-refractivity contribution is -0.119. The molecule has 86 valence electrons. The molecule has 1 rings (SSSR count). The molecule has 0 saturated carbocycles. The number of ketones is 1. The highest BCUT2D eigenvalue weighted by atomic mass is 16.1. The van der Waals surface area contributed by atoms with E-state index in [0.29, 0.717) is 18.6 Å². The molecule has 1 aromatic carbocycles. The van der Waals surface area contributed by atoms with E-state index in [1.807, 2.05) is 31.2 Å². The number of carbonyl (C=O) groups is 1. The molecule has 0 atom stereocenters. The average molecular weight is 217 g/mol. The summed E-state index contributed by atoms with van der Waals surface area (Å²) < 4.78 is 0. The van der Waals surface area contributed by atoms with Crippen LogP contribution >= 0.6 is 0 Å². The van der Waals surface area contributed by atoms with Gasteiger partial charge in [-0.05, 0) is 37.5 Å². The van der Waals surface area contributed by atoms with Gasteiger partial charge in [0.25, 0.3) is 0 Å². The first-order valence-corrected chi connectivity index (χ1v) is 5.58. The largest absolute Gasteiger partial charge is 0.399 e. The second-order valence-corrected chi connectivity index (χ2v) is 4.24. The minimum Gasteiger partial charge on any atom is -0.399 e. The number of Topliss-reactive ketones (excluding diaryl/α,β-unsaturated/α-hetero) is 1. The maximum Gasteiger partial charge on any atom is 0.133 e. The second kappa shape index (κ2) is 6.11. The molecule has 0 amide bonds. The van der Waals surface area contributed by atoms with Crippen LogP contribution in [0.3, 0.4) is 0 Å². The third-order valence-electron chi connectivity index (χ3n) is 2.50. The predicted octanol–water partition coefficient (Wildman–Crippen LogP) is 3.13. The van der Waals surface area contributed by atoms with Crippen LogP contribution in [0.25, 0.3) is 0 Å². The second-order valence-electron chi connectivity index (χ2n) is 4.24. The highest BCUT2D eigenvalue weighted by Gasteiger charge is 2.02. The molecule has 0 aliphatic carbocycles. The van der Waals surface area contributed by atoms with E-state index < -0.39 is 0 Å². The molecule has 0 aliphatic rings. The molecule has 0 heterocycles. The standard InChI is InChI=1S/C14H19NO/c1-11(2)3-9-14(16)10-6-12-4-7-13(15)8-5-12/h4-5,7-8H,1,3,6,9-10,15H2,2H3. The van der Waals surface area contributed by atoms with Crippen LogP contribution in [0, 0.1) is 0 Å². The normalized spacial score (nSPS) is 10.1. The van der Waals surface area contributed by atoms with Crippen molar-refractivity contribution in [2.75, 3.05) is 5.73 Å². The number of hydrogen-bond donors (Lipinski definition) is 1. The van der Waals surface area contributed by atoms with Crippen molar-refractivity contribution in [2.45, 2.75) is 32.6 Å². The molecule has 0 fully saturated rings. The van der Waals surface area contributed by atoms with Crippen LogP contribution in [-0.2, 0) is 11.2 Å². The molecule has 0 aromatic heterocycles. The summed E-state index contributed by atoms with van der Waals surface area (Å²) in [4.78, 5) is 11.5. The molecule has 2 heteroatoms. The van der Waals surface area contributed by atoms with Gasteiger partial charge in [0.2, 0.25) is 0 Å². The van der Waals surface area contributed by atoms with Gasteiger partial charge in [0, 0.05) is 18.5 Å². The molecular formula is C14H19NO. The van der Waals surface area contributed by atoms with E-state index >= 15 is 0 Å². The van der Waals surface area contributed by atoms with Gasteiger partial charge in [-0.15, -0.1) is 6.58 Å². The summed E-state index contributed by atoms with van der Waals surface area (Å²) in [6.07, 6.45) is 2.83. The molecular weight excluding hydrogens is 198 g/mol. The summed E-state index contributed by atoms with van der Waals surface area (Å²) in [6.45, 7) is 5.74. The zero-order valence-electron chi connectivity index (χ0n) is 9.83. The minimum atomic E-state index is 0.305. The zero-order valence-corrected chi connectivity index (χ0v) is 9.83. The summed E-state index contributed by atoms with van der Waals surface area (Å²) in [7, 11) is 0. The van der Waals surface area contributed by atoms with E-state index in [2.05, 4.69) is 6.58 Å². The van der Waals surface area contributed by atoms with Gasteiger partial charge in [-0.25, -0.2) is 0 Å². The Balaban J connectivity index is 2.31. The molecule has 0 bridgehead atoms. The maximum absolute atomic E-state index is 11.5. The lowest BCUT2D eigenvalue weighted by Crippen LogP contribution is -2.00. The van der Waals surface area contributed by atoms with Crippen LogP contribution in [0.1, 0.15) is 31.7 Å². The van der Waals surface area contributed by atoms with Crippen molar-refractivity contribution in [1.82, 2.24) is 0 Å². The fraction of sp³-hybridized carbons (Fsp3) is 0.357. The van der Waals surface area contributed by atoms with Gasteiger partial charge in [0.05, 0.1) is 0 Å². The van der Waals surface area contributed by atoms with Crippen LogP contribution in [-0.4, -0.2) is 5.78 Å². The van der Waals surface area contributed by atoms with Crippen molar-refractivity contribution in [3.8, 4) is 0 Å². The van der Waals surface area contributed by atoms with Gasteiger partial charge in [-0.1, -0.05) is 17.7 Å². The SMILES string of the molecule is C=C(C)CCC(=O)CCc1ccc(N)cc1. The van der Waals surface area contributed by atoms with E-state index in [0.717, 1.165) is 29.7 Å². The van der Waals surface area contributed by atoms with E-state index in [9.17, 15) is 4.79 Å². The van der Waals surface area contributed by atoms with Crippen molar-refractivity contribution >= 4 is 11.5 Å². The Kier molecular flexibility index (Phi) is 4.77. The summed E-state index contributed by atoms with van der Waals surface area (Å²) in [5, 5.41) is 0. The number of rotatable bonds is 6. The van der Waals surface area contributed by atoms with Gasteiger partial charge in [0.1, 0.15) is 5.78 Å². The fourth-order valence-electron chi connectivity index (χ4n) is 1.45. The fourth-order valence-corrected chi connectivity index (χ4v) is 1.45. The summed E-state index contributed by atoms with van der Waals surface area (Å²) >= 11 is 0. The first kappa shape index (κ1) is 12.5. The molecule has 0 spiro atoms. The maximum atomic E-state index is 11.5. The Morgan fingerprint density at radius 3 is 2.38 bits per heavy atom. The number of aryl methyl sites for hydroxylation is 1. The van der Waals surface area contributed by atoms with Crippen molar-refractivity contribution < 1.29 is 4.79 Å². The van der Waals surface area contributed by atoms with E-state index in [-0.39, 0.29) is 0 Å². The lowest BCUT2D eigenvalue weighted by atomic mass is 10.0. The van der Waals surface area contributed by atoms with E-state index in [4.69, 9.17) is 5.73 Å². The molecule has 16 heavy (non-hydrogen) atoms. The minimum absolute atomic E-state index is 0.305. The summed E-state index contributed by atoms with van der Waals surface area (Å²) in [5.74, 6) is 0.305. The van der Waals surface area contributed by atoms with Crippen LogP contribution in [0.5, 0.6) is 0 Å². The number of nitrogen functional groups attached to an aromatic ring is 1. The van der Waals surface area contributed by atoms with Crippen LogP contribution in [0.4, 0.5) is 5.69 Å². The Bertz CT molecular complexity index is 365. The van der Waals surface area contributed by atoms with Crippen molar-refractivity contribution in [2.24, 2.45) is 0 Å². The van der Waals surface area contributed by atoms with Crippen LogP contribution < -0.4 is 5.73 Å². The van der Waals surface area contributed by atoms with Gasteiger partial charge in [-0.3, -0.25) is 4.79 Å². The Morgan fingerprint density at radius 1 is 1.19 bits per heavy atom. The van der Waals surface area contributed by atoms with E-state index in [1.165, 1.54) is 0 Å². The molecule has 0 radical (unpaired) electrons. The molecule has 0 aliphatic heterocycles. The van der Waals surface area contributed by atoms with E-state index in [1.54, 1.807) is 0 Å². The van der Waals surface area contributed by atoms with Gasteiger partial charge < -0.3 is 5.73 Å². The lowest BCUT2D eigenvalue weighted by Gasteiger charge is -2.02. The Labute approximate surface area is 97.2 Å². The third kappa shape index (κ3) is 4.78. The molecule has 0 saturated heterocycles. The highest BCUT2D eigenvalue weighted by molar-refractivity contribution is 5.78. The molecule has 1 aromatic rings. The first-order chi connectivity index (χ1) is 7.58. The summed E-state index contributed by atoms with van der Waals surface area (Å²) in [5.41, 5.74) is 8.58. The Hall–Kier alpha value is -1.57. The van der Waals surface area contributed by atoms with Crippen molar-refractivity contribution in [1.29, 1.82) is 0 Å². The average Bonchev–Trinajstić information content (AvgIpc) is 2.25. The zero-order chi connectivity index (χ0) is 12.0. The smallest absolute Gasteiger partial charge is 0.133 e. The number of carbonyl (C=O) groups excluding carboxylic acids is 1. The number of benzene rings is 1. The molecule has 2 N–H and O–H groups in total. The van der Waals surface area contributed by atoms with Crippen LogP contribution in [0.15, 0.2) is 36.4 Å². The number of hydrogen-bond acceptors (Lipinski definition) is 2. The van der Waals surface area contributed by atoms with Crippen LogP contribution in [0.2, 0.25) is 0 Å². The first-order valence-electron chi connectivity index (χ1n) is 5.58. The number of allylic oxidation sites excluding steroid dienone is 1. The topological polar surface area (TPSA) is 43.1 Å². The quantitative estimate of drug-likeness (QED) is 0.587. The monoisotopic (exact) mass is 217 g/mol. The third-order valence-corrected chi connectivity index (χ3v) is 2.50. The molecule has 0 unspecified atom stereocenters. The highest BCUT2D eigenvalue weighted by Crippen LogP contribution is 2.10. The molecule has 2 nitrogen and oxygen atoms in total. The van der Waals surface area contributed by atoms with Gasteiger partial charge >= 0.3 is 0 Å². The number of nitrogens with two attached hydrogens (primary N) is 1. The van der Waals surface area contributed by atoms with Gasteiger partial charge in [0.15, 0.2) is 0 Å². The predicted molar refractivity (Wildman–Crippen MR) is 68.2 cm³/mol. The Morgan fingerprint density at radius 2 is 1.81 bits per heavy atom. The van der Waals surface area contributed by atoms with Crippen molar-refractivity contribution in [3.05, 3.63) is 42.0 Å². The summed E-state index contributed by atoms with van der Waals surface area (Å²) in [6, 6.07) is 7.68. The van der Waals surface area contributed by atoms with Gasteiger partial charge in [-0.2, -0.15) is 0 Å².